The second-order valence-electron chi connectivity index (χ2n) is 3.33. The van der Waals surface area contributed by atoms with Gasteiger partial charge < -0.3 is 9.80 Å². The number of rotatable bonds is 2. The normalized spacial score (nSPS) is 12.5. The van der Waals surface area contributed by atoms with E-state index in [0.717, 1.165) is 6.67 Å². The molecule has 5 heteroatoms. The van der Waals surface area contributed by atoms with E-state index in [1.54, 1.807) is 0 Å². The highest BCUT2D eigenvalue weighted by Crippen LogP contribution is 2.02. The van der Waals surface area contributed by atoms with Crippen molar-refractivity contribution in [1.29, 1.82) is 15.8 Å². The largest absolute Gasteiger partial charge is 0.362 e. The molecular weight excluding hydrogens is 202 g/mol. The molecule has 0 aromatic heterocycles. The third-order valence-electron chi connectivity index (χ3n) is 1.83. The summed E-state index contributed by atoms with van der Waals surface area (Å²) in [7, 11) is 2.09. The summed E-state index contributed by atoms with van der Waals surface area (Å²) >= 11 is 0. The van der Waals surface area contributed by atoms with Gasteiger partial charge >= 0.3 is 0 Å². The minimum Gasteiger partial charge on any atom is -0.362 e. The molecule has 0 atom stereocenters. The van der Waals surface area contributed by atoms with Crippen molar-refractivity contribution in [3.8, 4) is 18.2 Å². The first kappa shape index (κ1) is 13.8. The Balaban J connectivity index is 0.000000293. The Morgan fingerprint density at radius 2 is 1.75 bits per heavy atom. The lowest BCUT2D eigenvalue weighted by Gasteiger charge is -2.16. The minimum absolute atomic E-state index is 1.06. The van der Waals surface area contributed by atoms with Crippen molar-refractivity contribution >= 4 is 0 Å². The average molecular weight is 217 g/mol. The molecule has 0 fully saturated rings. The fourth-order valence-corrected chi connectivity index (χ4v) is 1.11. The first-order valence-electron chi connectivity index (χ1n) is 4.99. The summed E-state index contributed by atoms with van der Waals surface area (Å²) in [4.78, 5) is 4.48. The summed E-state index contributed by atoms with van der Waals surface area (Å²) in [5.41, 5.74) is 0. The molecule has 0 amide bonds. The van der Waals surface area contributed by atoms with Crippen LogP contribution in [0.3, 0.4) is 0 Å². The molecule has 0 aliphatic carbocycles. The molecule has 1 rings (SSSR count). The first-order valence-corrected chi connectivity index (χ1v) is 4.99. The van der Waals surface area contributed by atoms with E-state index in [4.69, 9.17) is 15.8 Å². The fraction of sp³-hybridized carbons (Fsp3) is 0.545. The smallest absolute Gasteiger partial charge is 0.218 e. The zero-order chi connectivity index (χ0) is 12.4. The molecule has 0 aromatic carbocycles. The van der Waals surface area contributed by atoms with Crippen LogP contribution in [0, 0.1) is 39.9 Å². The minimum atomic E-state index is -1.10. The number of hydrogen-bond acceptors (Lipinski definition) is 5. The van der Waals surface area contributed by atoms with Gasteiger partial charge in [0.1, 0.15) is 0 Å². The maximum atomic E-state index is 7.83. The monoisotopic (exact) mass is 217 g/mol. The maximum absolute atomic E-state index is 7.83. The number of nitrogens with zero attached hydrogens (tertiary/aromatic N) is 5. The van der Waals surface area contributed by atoms with Gasteiger partial charge in [0.15, 0.2) is 0 Å². The van der Waals surface area contributed by atoms with Crippen LogP contribution in [0.25, 0.3) is 0 Å². The van der Waals surface area contributed by atoms with E-state index in [0.29, 0.717) is 0 Å². The lowest BCUT2D eigenvalue weighted by Crippen LogP contribution is -2.22. The van der Waals surface area contributed by atoms with Gasteiger partial charge in [0.25, 0.3) is 0 Å². The van der Waals surface area contributed by atoms with Crippen LogP contribution in [0.2, 0.25) is 0 Å². The Morgan fingerprint density at radius 1 is 1.19 bits per heavy atom. The molecule has 0 saturated carbocycles. The Bertz CT molecular complexity index is 308. The van der Waals surface area contributed by atoms with Crippen LogP contribution in [0.5, 0.6) is 0 Å². The van der Waals surface area contributed by atoms with E-state index in [1.807, 2.05) is 0 Å². The van der Waals surface area contributed by atoms with Gasteiger partial charge in [0.2, 0.25) is 5.92 Å². The summed E-state index contributed by atoms with van der Waals surface area (Å²) in [6, 6.07) is 4.44. The second-order valence-corrected chi connectivity index (χ2v) is 3.33. The third-order valence-corrected chi connectivity index (χ3v) is 1.83. The Kier molecular flexibility index (Phi) is 7.03. The van der Waals surface area contributed by atoms with Gasteiger partial charge in [-0.3, -0.25) is 0 Å². The molecule has 0 N–H and O–H groups in total. The molecule has 0 saturated heterocycles. The lowest BCUT2D eigenvalue weighted by molar-refractivity contribution is 0.297. The Morgan fingerprint density at radius 3 is 2.00 bits per heavy atom. The quantitative estimate of drug-likeness (QED) is 0.695. The molecule has 0 radical (unpaired) electrons. The van der Waals surface area contributed by atoms with Crippen molar-refractivity contribution in [2.24, 2.45) is 5.92 Å². The van der Waals surface area contributed by atoms with Gasteiger partial charge in [-0.25, -0.2) is 0 Å². The topological polar surface area (TPSA) is 77.8 Å². The summed E-state index contributed by atoms with van der Waals surface area (Å²) in [6.45, 7) is 4.45. The molecule has 1 heterocycles. The van der Waals surface area contributed by atoms with Crippen molar-refractivity contribution < 1.29 is 0 Å². The van der Waals surface area contributed by atoms with Crippen LogP contribution in [0.15, 0.2) is 12.4 Å². The van der Waals surface area contributed by atoms with Crippen LogP contribution in [-0.2, 0) is 0 Å². The van der Waals surface area contributed by atoms with Crippen LogP contribution in [0.1, 0.15) is 13.3 Å². The summed E-state index contributed by atoms with van der Waals surface area (Å²) in [6.07, 6.45) is 5.48. The average Bonchev–Trinajstić information content (AvgIpc) is 2.68. The van der Waals surface area contributed by atoms with Gasteiger partial charge in [-0.1, -0.05) is 6.92 Å². The van der Waals surface area contributed by atoms with Crippen LogP contribution in [0.4, 0.5) is 0 Å². The van der Waals surface area contributed by atoms with E-state index < -0.39 is 5.92 Å². The zero-order valence-electron chi connectivity index (χ0n) is 9.59. The van der Waals surface area contributed by atoms with Crippen LogP contribution < -0.4 is 0 Å². The third kappa shape index (κ3) is 5.52. The molecule has 0 aromatic rings. The van der Waals surface area contributed by atoms with E-state index in [9.17, 15) is 0 Å². The van der Waals surface area contributed by atoms with Gasteiger partial charge in [-0.05, 0) is 6.42 Å². The zero-order valence-corrected chi connectivity index (χ0v) is 9.59. The molecular formula is C11H15N5. The summed E-state index contributed by atoms with van der Waals surface area (Å²) < 4.78 is 0. The predicted octanol–water partition coefficient (Wildman–Crippen LogP) is 1.25. The molecule has 1 aliphatic heterocycles. The number of nitriles is 3. The Labute approximate surface area is 96.4 Å². The molecule has 0 bridgehead atoms. The summed E-state index contributed by atoms with van der Waals surface area (Å²) in [5, 5.41) is 23.5. The maximum Gasteiger partial charge on any atom is 0.218 e. The molecule has 1 aliphatic rings. The second kappa shape index (κ2) is 8.15. The fourth-order valence-electron chi connectivity index (χ4n) is 1.11. The molecule has 5 nitrogen and oxygen atoms in total. The SMILES string of the molecule is CCCN1C=CN(C)C1.N#CC(C#N)C#N. The number of hydrogen-bond donors (Lipinski definition) is 0. The van der Waals surface area contributed by atoms with Crippen molar-refractivity contribution in [3.63, 3.8) is 0 Å². The highest BCUT2D eigenvalue weighted by molar-refractivity contribution is 5.11. The van der Waals surface area contributed by atoms with E-state index in [-0.39, 0.29) is 0 Å². The molecule has 0 unspecified atom stereocenters. The van der Waals surface area contributed by atoms with Gasteiger partial charge in [0, 0.05) is 26.0 Å². The molecule has 16 heavy (non-hydrogen) atoms. The first-order chi connectivity index (χ1) is 7.67. The van der Waals surface area contributed by atoms with Gasteiger partial charge in [-0.2, -0.15) is 15.8 Å². The van der Waals surface area contributed by atoms with Crippen molar-refractivity contribution in [2.45, 2.75) is 13.3 Å². The molecule has 0 spiro atoms. The van der Waals surface area contributed by atoms with Crippen LogP contribution in [-0.4, -0.2) is 30.1 Å². The Hall–Kier alpha value is -2.19. The van der Waals surface area contributed by atoms with Gasteiger partial charge in [0.05, 0.1) is 24.9 Å². The van der Waals surface area contributed by atoms with Crippen LogP contribution >= 0.6 is 0 Å². The highest BCUT2D eigenvalue weighted by Gasteiger charge is 2.04. The van der Waals surface area contributed by atoms with E-state index in [1.165, 1.54) is 31.2 Å². The van der Waals surface area contributed by atoms with Gasteiger partial charge in [-0.15, -0.1) is 0 Å². The van der Waals surface area contributed by atoms with E-state index in [2.05, 4.69) is 36.2 Å². The molecule has 84 valence electrons. The van der Waals surface area contributed by atoms with Crippen molar-refractivity contribution in [2.75, 3.05) is 20.3 Å². The predicted molar refractivity (Wildman–Crippen MR) is 59.1 cm³/mol. The van der Waals surface area contributed by atoms with E-state index >= 15 is 0 Å². The van der Waals surface area contributed by atoms with Crippen molar-refractivity contribution in [3.05, 3.63) is 12.4 Å². The van der Waals surface area contributed by atoms with Crippen molar-refractivity contribution in [1.82, 2.24) is 9.80 Å². The highest BCUT2D eigenvalue weighted by atomic mass is 15.3. The summed E-state index contributed by atoms with van der Waals surface area (Å²) in [5.74, 6) is -1.10. The lowest BCUT2D eigenvalue weighted by atomic mass is 10.2. The standard InChI is InChI=1S/C7H14N2.C4HN3/c1-3-4-9-6-5-8(2)7-9;5-1-4(2-6)3-7/h5-6H,3-4,7H2,1-2H3;4H.